The molecule has 0 aromatic heterocycles. The van der Waals surface area contributed by atoms with Crippen molar-refractivity contribution >= 4 is 5.78 Å². The Balaban J connectivity index is 1.74. The summed E-state index contributed by atoms with van der Waals surface area (Å²) in [5.41, 5.74) is 0. The summed E-state index contributed by atoms with van der Waals surface area (Å²) in [7, 11) is 4.25. The maximum absolute atomic E-state index is 13.1. The van der Waals surface area contributed by atoms with Crippen molar-refractivity contribution in [1.29, 1.82) is 0 Å². The molecular formula is C24H41N3O. The number of Topliss-reactive ketones (excluding diaryl/α,β-unsaturated/α-hetero) is 1. The summed E-state index contributed by atoms with van der Waals surface area (Å²) in [5, 5.41) is 8.45. The summed E-state index contributed by atoms with van der Waals surface area (Å²) in [5.74, 6) is 4.72. The molecule has 4 nitrogen and oxygen atoms in total. The molecule has 1 heterocycles. The van der Waals surface area contributed by atoms with E-state index in [1.54, 1.807) is 0 Å². The molecule has 0 radical (unpaired) electrons. The number of ketones is 1. The van der Waals surface area contributed by atoms with Gasteiger partial charge in [0.15, 0.2) is 5.78 Å². The van der Waals surface area contributed by atoms with Gasteiger partial charge in [0.2, 0.25) is 0 Å². The van der Waals surface area contributed by atoms with Gasteiger partial charge in [-0.1, -0.05) is 26.7 Å². The van der Waals surface area contributed by atoms with Crippen LogP contribution in [-0.2, 0) is 4.79 Å². The molecule has 3 rings (SSSR count). The van der Waals surface area contributed by atoms with E-state index in [-0.39, 0.29) is 12.0 Å². The Hall–Kier alpha value is -0.890. The van der Waals surface area contributed by atoms with E-state index in [4.69, 9.17) is 6.42 Å². The third kappa shape index (κ3) is 4.81. The van der Waals surface area contributed by atoms with Gasteiger partial charge in [0.05, 0.1) is 6.04 Å². The molecule has 0 aromatic carbocycles. The van der Waals surface area contributed by atoms with Crippen LogP contribution in [0.4, 0.5) is 0 Å². The van der Waals surface area contributed by atoms with Crippen LogP contribution in [0.25, 0.3) is 0 Å². The van der Waals surface area contributed by atoms with Gasteiger partial charge in [-0.15, -0.1) is 12.3 Å². The van der Waals surface area contributed by atoms with Gasteiger partial charge >= 0.3 is 0 Å². The third-order valence-corrected chi connectivity index (χ3v) is 7.87. The normalized spacial score (nSPS) is 38.8. The van der Waals surface area contributed by atoms with E-state index in [1.165, 1.54) is 51.4 Å². The Kier molecular flexibility index (Phi) is 7.59. The summed E-state index contributed by atoms with van der Waals surface area (Å²) in [6.45, 7) is 4.38. The molecule has 0 bridgehead atoms. The van der Waals surface area contributed by atoms with Crippen molar-refractivity contribution in [1.82, 2.24) is 15.3 Å². The highest BCUT2D eigenvalue weighted by molar-refractivity contribution is 5.84. The predicted molar refractivity (Wildman–Crippen MR) is 116 cm³/mol. The van der Waals surface area contributed by atoms with Gasteiger partial charge in [-0.05, 0) is 63.8 Å². The van der Waals surface area contributed by atoms with Crippen LogP contribution >= 0.6 is 0 Å². The molecule has 3 aliphatic rings. The second-order valence-corrected chi connectivity index (χ2v) is 9.82. The van der Waals surface area contributed by atoms with E-state index in [9.17, 15) is 4.79 Å². The first-order valence-corrected chi connectivity index (χ1v) is 11.6. The van der Waals surface area contributed by atoms with Crippen molar-refractivity contribution in [2.45, 2.75) is 102 Å². The van der Waals surface area contributed by atoms with E-state index in [0.29, 0.717) is 30.3 Å². The first kappa shape index (κ1) is 21.8. The molecule has 28 heavy (non-hydrogen) atoms. The van der Waals surface area contributed by atoms with Crippen LogP contribution < -0.4 is 5.32 Å². The van der Waals surface area contributed by atoms with E-state index >= 15 is 0 Å². The number of nitrogens with zero attached hydrogens (tertiary/aromatic N) is 2. The van der Waals surface area contributed by atoms with Crippen molar-refractivity contribution in [3.05, 3.63) is 0 Å². The highest BCUT2D eigenvalue weighted by atomic mass is 16.1. The smallest absolute Gasteiger partial charge is 0.152 e. The molecule has 3 unspecified atom stereocenters. The molecule has 0 spiro atoms. The van der Waals surface area contributed by atoms with E-state index < -0.39 is 0 Å². The van der Waals surface area contributed by atoms with Crippen LogP contribution in [0.15, 0.2) is 0 Å². The second-order valence-electron chi connectivity index (χ2n) is 9.82. The van der Waals surface area contributed by atoms with Crippen LogP contribution in [-0.4, -0.2) is 54.1 Å². The molecule has 4 heteroatoms. The number of hydrazine groups is 1. The monoisotopic (exact) mass is 387 g/mol. The summed E-state index contributed by atoms with van der Waals surface area (Å²) in [6.07, 6.45) is 17.3. The zero-order chi connectivity index (χ0) is 20.3. The van der Waals surface area contributed by atoms with Crippen LogP contribution in [0.2, 0.25) is 0 Å². The Bertz CT molecular complexity index is 555. The van der Waals surface area contributed by atoms with Crippen molar-refractivity contribution in [2.24, 2.45) is 17.8 Å². The minimum absolute atomic E-state index is 0.0159. The third-order valence-electron chi connectivity index (χ3n) is 7.87. The van der Waals surface area contributed by atoms with Gasteiger partial charge in [0.25, 0.3) is 0 Å². The first-order valence-electron chi connectivity index (χ1n) is 11.6. The predicted octanol–water partition coefficient (Wildman–Crippen LogP) is 3.86. The van der Waals surface area contributed by atoms with Crippen LogP contribution in [0.5, 0.6) is 0 Å². The average molecular weight is 388 g/mol. The van der Waals surface area contributed by atoms with Crippen LogP contribution in [0.3, 0.4) is 0 Å². The first-order chi connectivity index (χ1) is 13.4. The summed E-state index contributed by atoms with van der Waals surface area (Å²) in [6, 6.07) is 1.79. The standard InChI is InChI=1S/C24H41N3O/c1-6-17(2)15-24(28)23-16-22(19-9-7-18(3)8-10-19)27(26(23)5)21-13-11-20(25-4)12-14-21/h1,17-23,25H,7-16H2,2-5H3. The highest BCUT2D eigenvalue weighted by Gasteiger charge is 2.47. The molecule has 2 saturated carbocycles. The van der Waals surface area contributed by atoms with Crippen molar-refractivity contribution in [3.63, 3.8) is 0 Å². The molecule has 1 aliphatic heterocycles. The molecule has 2 aliphatic carbocycles. The fourth-order valence-corrected chi connectivity index (χ4v) is 5.96. The number of carbonyl (C=O) groups excluding carboxylic acids is 1. The second kappa shape index (κ2) is 9.74. The lowest BCUT2D eigenvalue weighted by Gasteiger charge is -2.44. The molecule has 1 saturated heterocycles. The van der Waals surface area contributed by atoms with Gasteiger partial charge < -0.3 is 5.32 Å². The van der Waals surface area contributed by atoms with Crippen molar-refractivity contribution in [3.8, 4) is 12.3 Å². The lowest BCUT2D eigenvalue weighted by atomic mass is 9.77. The largest absolute Gasteiger partial charge is 0.317 e. The number of likely N-dealkylation sites (N-methyl/N-ethyl adjacent to an activating group) is 1. The zero-order valence-electron chi connectivity index (χ0n) is 18.5. The molecule has 0 amide bonds. The molecule has 0 aromatic rings. The van der Waals surface area contributed by atoms with E-state index in [0.717, 1.165) is 18.3 Å². The molecule has 158 valence electrons. The minimum Gasteiger partial charge on any atom is -0.317 e. The summed E-state index contributed by atoms with van der Waals surface area (Å²) < 4.78 is 0. The van der Waals surface area contributed by atoms with Gasteiger partial charge in [-0.2, -0.15) is 0 Å². The summed E-state index contributed by atoms with van der Waals surface area (Å²) in [4.78, 5) is 13.1. The Labute approximate surface area is 172 Å². The van der Waals surface area contributed by atoms with E-state index in [2.05, 4.69) is 42.3 Å². The maximum atomic E-state index is 13.1. The minimum atomic E-state index is 0.0159. The average Bonchev–Trinajstić information content (AvgIpc) is 3.05. The topological polar surface area (TPSA) is 35.6 Å². The lowest BCUT2D eigenvalue weighted by Crippen LogP contribution is -2.53. The Morgan fingerprint density at radius 3 is 2.36 bits per heavy atom. The van der Waals surface area contributed by atoms with Crippen molar-refractivity contribution < 1.29 is 4.79 Å². The van der Waals surface area contributed by atoms with E-state index in [1.807, 2.05) is 6.92 Å². The molecular weight excluding hydrogens is 346 g/mol. The van der Waals surface area contributed by atoms with Gasteiger partial charge in [-0.25, -0.2) is 10.0 Å². The Morgan fingerprint density at radius 1 is 1.14 bits per heavy atom. The van der Waals surface area contributed by atoms with Gasteiger partial charge in [0.1, 0.15) is 0 Å². The number of nitrogens with one attached hydrogen (secondary N) is 1. The zero-order valence-corrected chi connectivity index (χ0v) is 18.5. The van der Waals surface area contributed by atoms with Crippen LogP contribution in [0, 0.1) is 30.1 Å². The molecule has 3 atom stereocenters. The lowest BCUT2D eigenvalue weighted by molar-refractivity contribution is -0.130. The number of hydrogen-bond donors (Lipinski definition) is 1. The number of hydrogen-bond acceptors (Lipinski definition) is 4. The number of terminal acetylenes is 1. The van der Waals surface area contributed by atoms with Crippen LogP contribution in [0.1, 0.15) is 78.1 Å². The molecule has 3 fully saturated rings. The summed E-state index contributed by atoms with van der Waals surface area (Å²) >= 11 is 0. The van der Waals surface area contributed by atoms with Gasteiger partial charge in [0, 0.05) is 37.5 Å². The fraction of sp³-hybridized carbons (Fsp3) is 0.875. The van der Waals surface area contributed by atoms with Crippen molar-refractivity contribution in [2.75, 3.05) is 14.1 Å². The SMILES string of the molecule is C#CC(C)CC(=O)C1CC(C2CCC(C)CC2)N(C2CCC(NC)CC2)N1C. The number of carbonyl (C=O) groups is 1. The highest BCUT2D eigenvalue weighted by Crippen LogP contribution is 2.41. The maximum Gasteiger partial charge on any atom is 0.152 e. The number of rotatable bonds is 6. The quantitative estimate of drug-likeness (QED) is 0.702. The Morgan fingerprint density at radius 2 is 1.79 bits per heavy atom. The fourth-order valence-electron chi connectivity index (χ4n) is 5.96. The van der Waals surface area contributed by atoms with Gasteiger partial charge in [-0.3, -0.25) is 4.79 Å². The molecule has 1 N–H and O–H groups in total.